The van der Waals surface area contributed by atoms with Crippen LogP contribution in [0.25, 0.3) is 0 Å². The highest BCUT2D eigenvalue weighted by molar-refractivity contribution is 7.70. The van der Waals surface area contributed by atoms with Gasteiger partial charge in [0, 0.05) is 24.7 Å². The molecule has 3 nitrogen and oxygen atoms in total. The van der Waals surface area contributed by atoms with Crippen molar-refractivity contribution in [3.63, 3.8) is 0 Å². The lowest BCUT2D eigenvalue weighted by atomic mass is 10.0. The molecule has 0 saturated heterocycles. The maximum Gasteiger partial charge on any atom is 0.129 e. The van der Waals surface area contributed by atoms with E-state index < -0.39 is 16.2 Å². The summed E-state index contributed by atoms with van der Waals surface area (Å²) in [6.45, 7) is 2.29. The van der Waals surface area contributed by atoms with Gasteiger partial charge in [-0.3, -0.25) is 4.67 Å². The molecule has 202 valence electrons. The Morgan fingerprint density at radius 3 is 1.55 bits per heavy atom. The predicted octanol–water partition coefficient (Wildman–Crippen LogP) is 7.17. The minimum atomic E-state index is -1.17. The van der Waals surface area contributed by atoms with E-state index in [0.717, 1.165) is 21.9 Å². The second kappa shape index (κ2) is 13.8. The maximum absolute atomic E-state index is 7.31. The van der Waals surface area contributed by atoms with E-state index in [0.29, 0.717) is 0 Å². The first-order chi connectivity index (χ1) is 19.7. The highest BCUT2D eigenvalue weighted by atomic mass is 31.1. The van der Waals surface area contributed by atoms with Gasteiger partial charge in [0.2, 0.25) is 0 Å². The summed E-state index contributed by atoms with van der Waals surface area (Å²) < 4.78 is 15.6. The maximum atomic E-state index is 7.31. The molecule has 0 heterocycles. The van der Waals surface area contributed by atoms with E-state index in [2.05, 4.69) is 152 Å². The van der Waals surface area contributed by atoms with Crippen LogP contribution in [0.2, 0.25) is 0 Å². The molecule has 0 bridgehead atoms. The smallest absolute Gasteiger partial charge is 0.129 e. The van der Waals surface area contributed by atoms with Gasteiger partial charge in [-0.25, -0.2) is 0 Å². The Labute approximate surface area is 241 Å². The van der Waals surface area contributed by atoms with E-state index in [1.54, 1.807) is 7.11 Å². The average molecular weight is 564 g/mol. The topological polar surface area (TPSA) is 21.7 Å². The molecule has 3 atom stereocenters. The summed E-state index contributed by atoms with van der Waals surface area (Å²) in [6, 6.07) is 51.1. The number of benzene rings is 5. The van der Waals surface area contributed by atoms with Crippen LogP contribution < -0.4 is 26.0 Å². The molecule has 0 aromatic heterocycles. The van der Waals surface area contributed by atoms with Gasteiger partial charge in [-0.2, -0.15) is 0 Å². The SMILES string of the molecule is COc1ccccc1P(O[C@H](c1ccccc1)[C@H](C)N(C)P(c1ccccc1)c1ccccc1)c1ccccc1. The first-order valence-electron chi connectivity index (χ1n) is 13.5. The third kappa shape index (κ3) is 6.52. The molecule has 5 rings (SSSR count). The number of nitrogens with zero attached hydrogens (tertiary/aromatic N) is 1. The van der Waals surface area contributed by atoms with Crippen LogP contribution in [-0.2, 0) is 4.52 Å². The van der Waals surface area contributed by atoms with Crippen LogP contribution in [0.4, 0.5) is 0 Å². The molecule has 0 aliphatic carbocycles. The lowest BCUT2D eigenvalue weighted by Gasteiger charge is -2.39. The van der Waals surface area contributed by atoms with Gasteiger partial charge in [0.1, 0.15) is 11.9 Å². The molecule has 0 spiro atoms. The normalized spacial score (nSPS) is 13.6. The average Bonchev–Trinajstić information content (AvgIpc) is 3.03. The van der Waals surface area contributed by atoms with Crippen LogP contribution in [0.15, 0.2) is 146 Å². The number of methoxy groups -OCH3 is 1. The van der Waals surface area contributed by atoms with Crippen molar-refractivity contribution < 1.29 is 9.26 Å². The zero-order valence-corrected chi connectivity index (χ0v) is 25.0. The molecule has 0 saturated carbocycles. The zero-order valence-electron chi connectivity index (χ0n) is 23.2. The van der Waals surface area contributed by atoms with Gasteiger partial charge >= 0.3 is 0 Å². The standard InChI is InChI=1S/C35H35NO2P2/c1-28(36(2)39(30-20-10-5-11-21-30)31-22-12-6-13-23-31)35(29-18-8-4-9-19-29)38-40(32-24-14-7-15-25-32)34-27-17-16-26-33(34)37-3/h4-28,35H,1-3H3/t28-,35-,40?/m0/s1. The van der Waals surface area contributed by atoms with Gasteiger partial charge in [-0.1, -0.05) is 133 Å². The van der Waals surface area contributed by atoms with Crippen molar-refractivity contribution in [2.75, 3.05) is 14.2 Å². The summed E-state index contributed by atoms with van der Waals surface area (Å²) in [5.41, 5.74) is 1.16. The third-order valence-electron chi connectivity index (χ3n) is 6.99. The predicted molar refractivity (Wildman–Crippen MR) is 172 cm³/mol. The number of hydrogen-bond donors (Lipinski definition) is 0. The first-order valence-corrected chi connectivity index (χ1v) is 16.1. The fourth-order valence-electron chi connectivity index (χ4n) is 4.83. The van der Waals surface area contributed by atoms with Crippen molar-refractivity contribution in [3.05, 3.63) is 151 Å². The molecule has 0 amide bonds. The molecule has 40 heavy (non-hydrogen) atoms. The van der Waals surface area contributed by atoms with Gasteiger partial charge in [0.25, 0.3) is 0 Å². The summed E-state index contributed by atoms with van der Waals surface area (Å²) in [5, 5.41) is 4.88. The molecule has 5 aromatic carbocycles. The number of ether oxygens (including phenoxy) is 1. The second-order valence-electron chi connectivity index (χ2n) is 9.54. The molecule has 0 radical (unpaired) electrons. The number of hydrogen-bond acceptors (Lipinski definition) is 3. The van der Waals surface area contributed by atoms with Crippen molar-refractivity contribution in [3.8, 4) is 5.75 Å². The monoisotopic (exact) mass is 563 g/mol. The summed E-state index contributed by atoms with van der Waals surface area (Å²) >= 11 is 0. The van der Waals surface area contributed by atoms with Crippen LogP contribution in [0.1, 0.15) is 18.6 Å². The fraction of sp³-hybridized carbons (Fsp3) is 0.143. The largest absolute Gasteiger partial charge is 0.496 e. The van der Waals surface area contributed by atoms with Crippen molar-refractivity contribution >= 4 is 37.4 Å². The van der Waals surface area contributed by atoms with Gasteiger partial charge < -0.3 is 9.26 Å². The Morgan fingerprint density at radius 1 is 0.575 bits per heavy atom. The second-order valence-corrected chi connectivity index (χ2v) is 13.6. The number of likely N-dealkylation sites (N-methyl/N-ethyl adjacent to an activating group) is 1. The summed E-state index contributed by atoms with van der Waals surface area (Å²) in [6.07, 6.45) is -0.181. The molecular formula is C35H35NO2P2. The van der Waals surface area contributed by atoms with Crippen molar-refractivity contribution in [2.24, 2.45) is 0 Å². The fourth-order valence-corrected chi connectivity index (χ4v) is 9.32. The zero-order chi connectivity index (χ0) is 27.7. The lowest BCUT2D eigenvalue weighted by molar-refractivity contribution is 0.154. The highest BCUT2D eigenvalue weighted by Gasteiger charge is 2.33. The quantitative estimate of drug-likeness (QED) is 0.159. The number of rotatable bonds is 11. The first kappa shape index (κ1) is 28.2. The van der Waals surface area contributed by atoms with Gasteiger partial charge in [-0.15, -0.1) is 0 Å². The number of para-hydroxylation sites is 1. The lowest BCUT2D eigenvalue weighted by Crippen LogP contribution is -2.37. The Bertz CT molecular complexity index is 1410. The van der Waals surface area contributed by atoms with Crippen LogP contribution in [0, 0.1) is 0 Å². The Balaban J connectivity index is 1.58. The Morgan fingerprint density at radius 2 is 1.02 bits per heavy atom. The molecule has 0 aliphatic heterocycles. The molecule has 0 aliphatic rings. The van der Waals surface area contributed by atoms with Gasteiger partial charge in [0.05, 0.1) is 15.3 Å². The minimum Gasteiger partial charge on any atom is -0.496 e. The van der Waals surface area contributed by atoms with Crippen molar-refractivity contribution in [2.45, 2.75) is 19.1 Å². The molecule has 1 unspecified atom stereocenters. The van der Waals surface area contributed by atoms with Crippen LogP contribution in [0.5, 0.6) is 5.75 Å². The van der Waals surface area contributed by atoms with Crippen molar-refractivity contribution in [1.29, 1.82) is 0 Å². The van der Waals surface area contributed by atoms with Gasteiger partial charge in [0.15, 0.2) is 0 Å². The van der Waals surface area contributed by atoms with E-state index in [-0.39, 0.29) is 12.1 Å². The highest BCUT2D eigenvalue weighted by Crippen LogP contribution is 2.48. The summed E-state index contributed by atoms with van der Waals surface area (Å²) in [5.74, 6) is 0.848. The van der Waals surface area contributed by atoms with E-state index in [9.17, 15) is 0 Å². The summed E-state index contributed by atoms with van der Waals surface area (Å²) in [4.78, 5) is 0. The molecular weight excluding hydrogens is 528 g/mol. The van der Waals surface area contributed by atoms with Crippen LogP contribution in [0.3, 0.4) is 0 Å². The molecule has 5 aromatic rings. The van der Waals surface area contributed by atoms with Crippen LogP contribution >= 0.6 is 16.2 Å². The van der Waals surface area contributed by atoms with E-state index in [4.69, 9.17) is 9.26 Å². The molecule has 0 N–H and O–H groups in total. The minimum absolute atomic E-state index is 0.0670. The van der Waals surface area contributed by atoms with Crippen molar-refractivity contribution in [1.82, 2.24) is 4.67 Å². The Hall–Kier alpha value is -3.32. The molecule has 0 fully saturated rings. The summed E-state index contributed by atoms with van der Waals surface area (Å²) in [7, 11) is 2.02. The third-order valence-corrected chi connectivity index (χ3v) is 11.6. The van der Waals surface area contributed by atoms with E-state index >= 15 is 0 Å². The van der Waals surface area contributed by atoms with E-state index in [1.165, 1.54) is 10.6 Å². The Kier molecular flexibility index (Phi) is 9.76. The van der Waals surface area contributed by atoms with Crippen LogP contribution in [-0.4, -0.2) is 24.9 Å². The van der Waals surface area contributed by atoms with Gasteiger partial charge in [-0.05, 0) is 42.3 Å². The van der Waals surface area contributed by atoms with E-state index in [1.807, 2.05) is 12.1 Å². The molecule has 5 heteroatoms.